The Balaban J connectivity index is 1.62. The van der Waals surface area contributed by atoms with E-state index in [-0.39, 0.29) is 23.3 Å². The van der Waals surface area contributed by atoms with Gasteiger partial charge in [-0.25, -0.2) is 0 Å². The standard InChI is InChI=1S/C17H28N2O3S/c1-22-13-15(20)18-9-7-17(8-10-18)19(11-12-23-17)16(21)14-5-3-2-4-6-14/h14H,2-13H2,1H3. The predicted molar refractivity (Wildman–Crippen MR) is 91.2 cm³/mol. The third kappa shape index (κ3) is 3.53. The first-order valence-electron chi connectivity index (χ1n) is 8.88. The number of ether oxygens (including phenoxy) is 1. The summed E-state index contributed by atoms with van der Waals surface area (Å²) in [5.41, 5.74) is 0. The van der Waals surface area contributed by atoms with Gasteiger partial charge in [-0.2, -0.15) is 0 Å². The van der Waals surface area contributed by atoms with Crippen LogP contribution in [0.2, 0.25) is 0 Å². The fourth-order valence-corrected chi connectivity index (χ4v) is 5.69. The van der Waals surface area contributed by atoms with Crippen molar-refractivity contribution in [2.75, 3.05) is 39.1 Å². The van der Waals surface area contributed by atoms with Gasteiger partial charge in [0.05, 0.1) is 4.87 Å². The fourth-order valence-electron chi connectivity index (χ4n) is 4.22. The first-order chi connectivity index (χ1) is 11.2. The van der Waals surface area contributed by atoms with Gasteiger partial charge >= 0.3 is 0 Å². The van der Waals surface area contributed by atoms with E-state index in [0.717, 1.165) is 51.1 Å². The van der Waals surface area contributed by atoms with Crippen molar-refractivity contribution in [3.63, 3.8) is 0 Å². The number of piperidine rings is 1. The number of amides is 2. The number of carbonyl (C=O) groups excluding carboxylic acids is 2. The highest BCUT2D eigenvalue weighted by Crippen LogP contribution is 2.45. The molecule has 3 fully saturated rings. The van der Waals surface area contributed by atoms with Crippen LogP contribution in [0.5, 0.6) is 0 Å². The summed E-state index contributed by atoms with van der Waals surface area (Å²) in [6.45, 7) is 2.52. The molecule has 130 valence electrons. The van der Waals surface area contributed by atoms with E-state index in [1.807, 2.05) is 16.7 Å². The number of likely N-dealkylation sites (tertiary alicyclic amines) is 1. The lowest BCUT2D eigenvalue weighted by Crippen LogP contribution is -2.55. The van der Waals surface area contributed by atoms with E-state index >= 15 is 0 Å². The monoisotopic (exact) mass is 340 g/mol. The van der Waals surface area contributed by atoms with Gasteiger partial charge in [-0.05, 0) is 25.7 Å². The SMILES string of the molecule is COCC(=O)N1CCC2(CC1)SCCN2C(=O)C1CCCCC1. The Hall–Kier alpha value is -0.750. The van der Waals surface area contributed by atoms with E-state index in [4.69, 9.17) is 4.74 Å². The zero-order valence-electron chi connectivity index (χ0n) is 14.1. The largest absolute Gasteiger partial charge is 0.375 e. The number of thioether (sulfide) groups is 1. The van der Waals surface area contributed by atoms with Gasteiger partial charge in [0.2, 0.25) is 11.8 Å². The second-order valence-electron chi connectivity index (χ2n) is 6.93. The molecule has 0 N–H and O–H groups in total. The number of nitrogens with zero attached hydrogens (tertiary/aromatic N) is 2. The molecule has 1 saturated carbocycles. The van der Waals surface area contributed by atoms with Gasteiger partial charge in [0, 0.05) is 38.4 Å². The van der Waals surface area contributed by atoms with Crippen LogP contribution in [0.15, 0.2) is 0 Å². The third-order valence-corrected chi connectivity index (χ3v) is 7.12. The van der Waals surface area contributed by atoms with Crippen LogP contribution in [-0.4, -0.2) is 65.6 Å². The maximum Gasteiger partial charge on any atom is 0.248 e. The van der Waals surface area contributed by atoms with Crippen molar-refractivity contribution in [3.05, 3.63) is 0 Å². The molecule has 0 aromatic heterocycles. The smallest absolute Gasteiger partial charge is 0.248 e. The van der Waals surface area contributed by atoms with Crippen molar-refractivity contribution in [1.82, 2.24) is 9.80 Å². The highest BCUT2D eigenvalue weighted by molar-refractivity contribution is 8.00. The highest BCUT2D eigenvalue weighted by atomic mass is 32.2. The molecule has 23 heavy (non-hydrogen) atoms. The molecule has 5 nitrogen and oxygen atoms in total. The minimum absolute atomic E-state index is 0.0572. The summed E-state index contributed by atoms with van der Waals surface area (Å²) in [4.78, 5) is 29.0. The second kappa shape index (κ2) is 7.43. The lowest BCUT2D eigenvalue weighted by atomic mass is 9.87. The van der Waals surface area contributed by atoms with Gasteiger partial charge in [0.1, 0.15) is 6.61 Å². The molecular formula is C17H28N2O3S. The van der Waals surface area contributed by atoms with Gasteiger partial charge in [-0.3, -0.25) is 9.59 Å². The van der Waals surface area contributed by atoms with Gasteiger partial charge in [-0.1, -0.05) is 19.3 Å². The zero-order valence-corrected chi connectivity index (χ0v) is 14.9. The molecule has 0 atom stereocenters. The Bertz CT molecular complexity index is 443. The molecule has 0 unspecified atom stereocenters. The van der Waals surface area contributed by atoms with Gasteiger partial charge in [0.25, 0.3) is 0 Å². The minimum Gasteiger partial charge on any atom is -0.375 e. The minimum atomic E-state index is -0.0572. The summed E-state index contributed by atoms with van der Waals surface area (Å²) in [7, 11) is 1.56. The highest BCUT2D eigenvalue weighted by Gasteiger charge is 2.48. The van der Waals surface area contributed by atoms with Crippen molar-refractivity contribution in [2.24, 2.45) is 5.92 Å². The van der Waals surface area contributed by atoms with Crippen LogP contribution < -0.4 is 0 Å². The first-order valence-corrected chi connectivity index (χ1v) is 9.87. The van der Waals surface area contributed by atoms with Crippen molar-refractivity contribution in [2.45, 2.75) is 49.8 Å². The number of hydrogen-bond acceptors (Lipinski definition) is 4. The van der Waals surface area contributed by atoms with Gasteiger partial charge in [-0.15, -0.1) is 11.8 Å². The number of carbonyl (C=O) groups is 2. The van der Waals surface area contributed by atoms with E-state index in [1.54, 1.807) is 7.11 Å². The van der Waals surface area contributed by atoms with E-state index in [9.17, 15) is 9.59 Å². The summed E-state index contributed by atoms with van der Waals surface area (Å²) in [5.74, 6) is 1.72. The quantitative estimate of drug-likeness (QED) is 0.789. The van der Waals surface area contributed by atoms with E-state index in [0.29, 0.717) is 5.91 Å². The number of hydrogen-bond donors (Lipinski definition) is 0. The van der Waals surface area contributed by atoms with Gasteiger partial charge < -0.3 is 14.5 Å². The lowest BCUT2D eigenvalue weighted by Gasteiger charge is -2.45. The summed E-state index contributed by atoms with van der Waals surface area (Å²) in [6.07, 6.45) is 7.59. The molecule has 3 rings (SSSR count). The van der Waals surface area contributed by atoms with Crippen LogP contribution in [0.25, 0.3) is 0 Å². The van der Waals surface area contributed by atoms with Crippen molar-refractivity contribution < 1.29 is 14.3 Å². The third-order valence-electron chi connectivity index (χ3n) is 5.56. The summed E-state index contributed by atoms with van der Waals surface area (Å²) >= 11 is 1.93. The Kier molecular flexibility index (Phi) is 5.52. The van der Waals surface area contributed by atoms with E-state index in [2.05, 4.69) is 4.90 Å². The van der Waals surface area contributed by atoms with Crippen molar-refractivity contribution in [3.8, 4) is 0 Å². The van der Waals surface area contributed by atoms with Gasteiger partial charge in [0.15, 0.2) is 0 Å². The molecule has 0 radical (unpaired) electrons. The lowest BCUT2D eigenvalue weighted by molar-refractivity contribution is -0.142. The topological polar surface area (TPSA) is 49.9 Å². The molecule has 0 bridgehead atoms. The molecule has 1 spiro atoms. The van der Waals surface area contributed by atoms with Crippen LogP contribution in [-0.2, 0) is 14.3 Å². The molecule has 3 aliphatic rings. The number of rotatable bonds is 3. The Morgan fingerprint density at radius 2 is 1.83 bits per heavy atom. The second-order valence-corrected chi connectivity index (χ2v) is 8.39. The normalized spacial score (nSPS) is 25.1. The first kappa shape index (κ1) is 17.1. The fraction of sp³-hybridized carbons (Fsp3) is 0.882. The Morgan fingerprint density at radius 3 is 2.48 bits per heavy atom. The van der Waals surface area contributed by atoms with Crippen LogP contribution in [0.4, 0.5) is 0 Å². The van der Waals surface area contributed by atoms with Crippen LogP contribution in [0.1, 0.15) is 44.9 Å². The summed E-state index contributed by atoms with van der Waals surface area (Å²) in [6, 6.07) is 0. The maximum absolute atomic E-state index is 13.0. The average molecular weight is 340 g/mol. The molecule has 1 aliphatic carbocycles. The van der Waals surface area contributed by atoms with Crippen LogP contribution >= 0.6 is 11.8 Å². The molecule has 2 saturated heterocycles. The van der Waals surface area contributed by atoms with E-state index < -0.39 is 0 Å². The van der Waals surface area contributed by atoms with E-state index in [1.165, 1.54) is 19.3 Å². The molecular weight excluding hydrogens is 312 g/mol. The molecule has 0 aromatic carbocycles. The molecule has 2 amide bonds. The Labute approximate surface area is 143 Å². The average Bonchev–Trinajstić information content (AvgIpc) is 2.99. The maximum atomic E-state index is 13.0. The molecule has 6 heteroatoms. The molecule has 2 heterocycles. The summed E-state index contributed by atoms with van der Waals surface area (Å²) < 4.78 is 4.95. The van der Waals surface area contributed by atoms with Crippen LogP contribution in [0.3, 0.4) is 0 Å². The predicted octanol–water partition coefficient (Wildman–Crippen LogP) is 2.11. The summed E-state index contributed by atoms with van der Waals surface area (Å²) in [5, 5.41) is 0. The van der Waals surface area contributed by atoms with Crippen molar-refractivity contribution in [1.29, 1.82) is 0 Å². The van der Waals surface area contributed by atoms with Crippen LogP contribution in [0, 0.1) is 5.92 Å². The number of methoxy groups -OCH3 is 1. The molecule has 0 aromatic rings. The Morgan fingerprint density at radius 1 is 1.13 bits per heavy atom. The van der Waals surface area contributed by atoms with Crippen molar-refractivity contribution >= 4 is 23.6 Å². The molecule has 2 aliphatic heterocycles. The zero-order chi connectivity index (χ0) is 16.3.